The molecule has 7 nitrogen and oxygen atoms in total. The minimum Gasteiger partial charge on any atom is -0.462 e. The lowest BCUT2D eigenvalue weighted by molar-refractivity contribution is -0.144. The molecule has 0 atom stereocenters. The number of ether oxygens (including phenoxy) is 1. The lowest BCUT2D eigenvalue weighted by Gasteiger charge is -2.07. The van der Waals surface area contributed by atoms with Gasteiger partial charge in [0.25, 0.3) is 5.91 Å². The maximum atomic E-state index is 13.1. The molecule has 152 valence electrons. The third-order valence-electron chi connectivity index (χ3n) is 3.65. The topological polar surface area (TPSA) is 90.3 Å². The first kappa shape index (κ1) is 22.1. The van der Waals surface area contributed by atoms with Gasteiger partial charge >= 0.3 is 12.1 Å². The van der Waals surface area contributed by atoms with Gasteiger partial charge in [-0.25, -0.2) is 4.79 Å². The number of aryl methyl sites for hydroxylation is 1. The molecule has 0 bridgehead atoms. The molecule has 2 rings (SSSR count). The number of nitrogens with one attached hydrogen (secondary N) is 1. The molecule has 0 aliphatic rings. The van der Waals surface area contributed by atoms with E-state index in [1.165, 1.54) is 13.8 Å². The van der Waals surface area contributed by atoms with Crippen molar-refractivity contribution in [2.45, 2.75) is 26.9 Å². The molecule has 12 heteroatoms. The van der Waals surface area contributed by atoms with E-state index in [-0.39, 0.29) is 27.8 Å². The monoisotopic (exact) mass is 481 g/mol. The highest BCUT2D eigenvalue weighted by molar-refractivity contribution is 9.10. The minimum atomic E-state index is -4.73. The van der Waals surface area contributed by atoms with Gasteiger partial charge in [-0.05, 0) is 42.3 Å². The smallest absolute Gasteiger partial charge is 0.434 e. The van der Waals surface area contributed by atoms with Crippen molar-refractivity contribution in [2.75, 3.05) is 11.9 Å². The minimum absolute atomic E-state index is 0.00254. The fourth-order valence-corrected chi connectivity index (χ4v) is 4.33. The molecular weight excluding hydrogens is 467 g/mol. The Morgan fingerprint density at radius 1 is 1.32 bits per heavy atom. The Labute approximate surface area is 170 Å². The average Bonchev–Trinajstić information content (AvgIpc) is 3.03. The zero-order valence-electron chi connectivity index (χ0n) is 15.2. The molecular formula is C16H15BrF3N3O4S. The van der Waals surface area contributed by atoms with Crippen molar-refractivity contribution >= 4 is 49.9 Å². The Morgan fingerprint density at radius 3 is 2.39 bits per heavy atom. The Kier molecular flexibility index (Phi) is 6.34. The standard InChI is InChI=1S/C16H15BrF3N3O4S/c1-5-27-15(26)8-6(2)11(7(3)24)28-14(8)21-13(25)10-9(17)12(16(18,19)20)23(4)22-10/h5H2,1-4H3,(H,21,25). The molecule has 2 aromatic heterocycles. The van der Waals surface area contributed by atoms with Crippen molar-refractivity contribution in [2.24, 2.45) is 7.05 Å². The fourth-order valence-electron chi connectivity index (χ4n) is 2.50. The second-order valence-electron chi connectivity index (χ2n) is 5.62. The van der Waals surface area contributed by atoms with E-state index in [9.17, 15) is 27.6 Å². The van der Waals surface area contributed by atoms with E-state index in [1.54, 1.807) is 6.92 Å². The summed E-state index contributed by atoms with van der Waals surface area (Å²) >= 11 is 3.60. The van der Waals surface area contributed by atoms with Gasteiger partial charge in [0.1, 0.15) is 5.00 Å². The van der Waals surface area contributed by atoms with E-state index in [0.29, 0.717) is 10.2 Å². The zero-order valence-corrected chi connectivity index (χ0v) is 17.6. The lowest BCUT2D eigenvalue weighted by Crippen LogP contribution is -2.16. The highest BCUT2D eigenvalue weighted by Gasteiger charge is 2.40. The third-order valence-corrected chi connectivity index (χ3v) is 5.71. The molecule has 1 amide bonds. The molecule has 0 aliphatic heterocycles. The van der Waals surface area contributed by atoms with Gasteiger partial charge in [0.2, 0.25) is 0 Å². The van der Waals surface area contributed by atoms with Crippen LogP contribution in [0.15, 0.2) is 4.47 Å². The molecule has 0 spiro atoms. The van der Waals surface area contributed by atoms with Gasteiger partial charge in [-0.3, -0.25) is 14.3 Å². The Balaban J connectivity index is 2.49. The van der Waals surface area contributed by atoms with Gasteiger partial charge in [0, 0.05) is 7.05 Å². The number of thiophene rings is 1. The third kappa shape index (κ3) is 4.12. The average molecular weight is 482 g/mol. The number of hydrogen-bond acceptors (Lipinski definition) is 6. The number of carbonyl (C=O) groups excluding carboxylic acids is 3. The number of carbonyl (C=O) groups is 3. The number of nitrogens with zero attached hydrogens (tertiary/aromatic N) is 2. The number of halogens is 4. The predicted octanol–water partition coefficient (Wildman–Crippen LogP) is 4.20. The van der Waals surface area contributed by atoms with Crippen LogP contribution in [0, 0.1) is 6.92 Å². The van der Waals surface area contributed by atoms with Gasteiger partial charge in [-0.1, -0.05) is 0 Å². The summed E-state index contributed by atoms with van der Waals surface area (Å²) < 4.78 is 44.2. The molecule has 0 aliphatic carbocycles. The summed E-state index contributed by atoms with van der Waals surface area (Å²) in [5.74, 6) is -2.05. The van der Waals surface area contributed by atoms with Crippen LogP contribution in [0.3, 0.4) is 0 Å². The normalized spacial score (nSPS) is 11.4. The van der Waals surface area contributed by atoms with Crippen LogP contribution in [0.2, 0.25) is 0 Å². The first-order chi connectivity index (χ1) is 12.9. The van der Waals surface area contributed by atoms with Crippen LogP contribution in [0.25, 0.3) is 0 Å². The van der Waals surface area contributed by atoms with E-state index in [0.717, 1.165) is 18.4 Å². The van der Waals surface area contributed by atoms with E-state index >= 15 is 0 Å². The quantitative estimate of drug-likeness (QED) is 0.510. The summed E-state index contributed by atoms with van der Waals surface area (Å²) in [5, 5.41) is 5.97. The maximum absolute atomic E-state index is 13.1. The Morgan fingerprint density at radius 2 is 1.93 bits per heavy atom. The molecule has 0 unspecified atom stereocenters. The number of amides is 1. The second kappa shape index (κ2) is 8.03. The van der Waals surface area contributed by atoms with Crippen LogP contribution in [-0.4, -0.2) is 34.0 Å². The number of esters is 1. The van der Waals surface area contributed by atoms with Crippen molar-refractivity contribution in [3.8, 4) is 0 Å². The van der Waals surface area contributed by atoms with E-state index in [2.05, 4.69) is 26.3 Å². The summed E-state index contributed by atoms with van der Waals surface area (Å²) in [6, 6.07) is 0. The van der Waals surface area contributed by atoms with Crippen LogP contribution in [0.4, 0.5) is 18.2 Å². The largest absolute Gasteiger partial charge is 0.462 e. The lowest BCUT2D eigenvalue weighted by atomic mass is 10.1. The van der Waals surface area contributed by atoms with Crippen LogP contribution < -0.4 is 5.32 Å². The molecule has 2 heterocycles. The Hall–Kier alpha value is -2.21. The van der Waals surface area contributed by atoms with Crippen LogP contribution in [-0.2, 0) is 18.0 Å². The van der Waals surface area contributed by atoms with Gasteiger partial charge in [0.05, 0.1) is 21.5 Å². The highest BCUT2D eigenvalue weighted by Crippen LogP contribution is 2.38. The van der Waals surface area contributed by atoms with E-state index in [4.69, 9.17) is 4.74 Å². The molecule has 28 heavy (non-hydrogen) atoms. The molecule has 2 aromatic rings. The first-order valence-electron chi connectivity index (χ1n) is 7.82. The number of ketones is 1. The van der Waals surface area contributed by atoms with Gasteiger partial charge in [0.15, 0.2) is 17.2 Å². The fraction of sp³-hybridized carbons (Fsp3) is 0.375. The van der Waals surface area contributed by atoms with Crippen LogP contribution >= 0.6 is 27.3 Å². The molecule has 0 radical (unpaired) electrons. The summed E-state index contributed by atoms with van der Waals surface area (Å²) in [5.41, 5.74) is -1.34. The van der Waals surface area contributed by atoms with Crippen molar-refractivity contribution in [1.29, 1.82) is 0 Å². The predicted molar refractivity (Wildman–Crippen MR) is 98.9 cm³/mol. The molecule has 0 saturated heterocycles. The number of rotatable bonds is 5. The second-order valence-corrected chi connectivity index (χ2v) is 7.44. The molecule has 1 N–H and O–H groups in total. The number of aromatic nitrogens is 2. The summed E-state index contributed by atoms with van der Waals surface area (Å²) in [4.78, 5) is 36.8. The SMILES string of the molecule is CCOC(=O)c1c(NC(=O)c2nn(C)c(C(F)(F)F)c2Br)sc(C(C)=O)c1C. The first-order valence-corrected chi connectivity index (χ1v) is 9.43. The molecule has 0 saturated carbocycles. The van der Waals surface area contributed by atoms with E-state index in [1.807, 2.05) is 0 Å². The summed E-state index contributed by atoms with van der Waals surface area (Å²) in [6.07, 6.45) is -4.73. The zero-order chi connectivity index (χ0) is 21.4. The van der Waals surface area contributed by atoms with E-state index < -0.39 is 33.9 Å². The van der Waals surface area contributed by atoms with Crippen LogP contribution in [0.1, 0.15) is 55.6 Å². The molecule has 0 fully saturated rings. The van der Waals surface area contributed by atoms with Crippen molar-refractivity contribution in [3.05, 3.63) is 31.9 Å². The van der Waals surface area contributed by atoms with Gasteiger partial charge < -0.3 is 10.1 Å². The number of Topliss-reactive ketones (excluding diaryl/α,β-unsaturated/α-hetero) is 1. The summed E-state index contributed by atoms with van der Waals surface area (Å²) in [7, 11) is 1.05. The number of anilines is 1. The maximum Gasteiger partial charge on any atom is 0.434 e. The van der Waals surface area contributed by atoms with Crippen LogP contribution in [0.5, 0.6) is 0 Å². The number of alkyl halides is 3. The van der Waals surface area contributed by atoms with Crippen molar-refractivity contribution in [1.82, 2.24) is 9.78 Å². The van der Waals surface area contributed by atoms with Gasteiger partial charge in [-0.2, -0.15) is 18.3 Å². The number of hydrogen-bond donors (Lipinski definition) is 1. The van der Waals surface area contributed by atoms with Crippen molar-refractivity contribution < 1.29 is 32.3 Å². The van der Waals surface area contributed by atoms with Gasteiger partial charge in [-0.15, -0.1) is 11.3 Å². The summed E-state index contributed by atoms with van der Waals surface area (Å²) in [6.45, 7) is 4.48. The highest BCUT2D eigenvalue weighted by atomic mass is 79.9. The Bertz CT molecular complexity index is 965. The van der Waals surface area contributed by atoms with Crippen molar-refractivity contribution in [3.63, 3.8) is 0 Å². The molecule has 0 aromatic carbocycles.